The second-order valence-corrected chi connectivity index (χ2v) is 7.20. The van der Waals surface area contributed by atoms with Crippen LogP contribution in [0.2, 0.25) is 0 Å². The molecule has 0 aliphatic heterocycles. The molecule has 0 aliphatic rings. The monoisotopic (exact) mass is 427 g/mol. The molecule has 0 atom stereocenters. The van der Waals surface area contributed by atoms with Crippen molar-refractivity contribution in [3.8, 4) is 5.75 Å². The molecule has 0 radical (unpaired) electrons. The summed E-state index contributed by atoms with van der Waals surface area (Å²) in [6, 6.07) is 14.0. The Morgan fingerprint density at radius 1 is 0.933 bits per heavy atom. The molecule has 30 heavy (non-hydrogen) atoms. The Labute approximate surface area is 183 Å². The number of rotatable bonds is 10. The number of unbranched alkanes of at least 4 members (excludes halogenated alkanes) is 2. The average Bonchev–Trinajstić information content (AvgIpc) is 2.75. The molecule has 2 aromatic rings. The van der Waals surface area contributed by atoms with Crippen molar-refractivity contribution in [3.63, 3.8) is 0 Å². The highest BCUT2D eigenvalue weighted by Crippen LogP contribution is 2.18. The van der Waals surface area contributed by atoms with Crippen LogP contribution < -0.4 is 20.7 Å². The van der Waals surface area contributed by atoms with Gasteiger partial charge in [-0.05, 0) is 61.5 Å². The molecule has 3 N–H and O–H groups in total. The van der Waals surface area contributed by atoms with Crippen LogP contribution >= 0.6 is 12.2 Å². The van der Waals surface area contributed by atoms with Crippen LogP contribution in [0.15, 0.2) is 48.5 Å². The molecule has 7 heteroatoms. The minimum Gasteiger partial charge on any atom is -0.493 e. The van der Waals surface area contributed by atoms with Gasteiger partial charge in [0.1, 0.15) is 5.75 Å². The highest BCUT2D eigenvalue weighted by Gasteiger charge is 2.14. The second-order valence-electron chi connectivity index (χ2n) is 6.79. The standard InChI is InChI=1S/C23H29N3O3S/c1-3-5-8-16-29-20-10-7-6-9-19(20)22(28)26-23(30)25-18-13-11-17(12-14-18)21(27)24-15-4-2/h6-7,9-14H,3-5,8,15-16H2,1-2H3,(H,24,27)(H2,25,26,28,30). The van der Waals surface area contributed by atoms with Crippen LogP contribution in [0, 0.1) is 0 Å². The fourth-order valence-electron chi connectivity index (χ4n) is 2.69. The Morgan fingerprint density at radius 3 is 2.37 bits per heavy atom. The van der Waals surface area contributed by atoms with E-state index in [9.17, 15) is 9.59 Å². The maximum absolute atomic E-state index is 12.6. The summed E-state index contributed by atoms with van der Waals surface area (Å²) in [6.45, 7) is 5.33. The number of thiocarbonyl (C=S) groups is 1. The predicted molar refractivity (Wildman–Crippen MR) is 124 cm³/mol. The summed E-state index contributed by atoms with van der Waals surface area (Å²) in [5.74, 6) is 0.0836. The van der Waals surface area contributed by atoms with E-state index in [1.165, 1.54) is 0 Å². The van der Waals surface area contributed by atoms with Gasteiger partial charge in [0, 0.05) is 17.8 Å². The summed E-state index contributed by atoms with van der Waals surface area (Å²) >= 11 is 5.26. The van der Waals surface area contributed by atoms with E-state index < -0.39 is 0 Å². The molecule has 160 valence electrons. The number of carbonyl (C=O) groups is 2. The summed E-state index contributed by atoms with van der Waals surface area (Å²) in [5.41, 5.74) is 1.68. The first-order valence-corrected chi connectivity index (χ1v) is 10.7. The van der Waals surface area contributed by atoms with Crippen LogP contribution in [0.5, 0.6) is 5.75 Å². The van der Waals surface area contributed by atoms with E-state index in [0.717, 1.165) is 25.7 Å². The van der Waals surface area contributed by atoms with E-state index in [4.69, 9.17) is 17.0 Å². The molecule has 6 nitrogen and oxygen atoms in total. The zero-order valence-electron chi connectivity index (χ0n) is 17.5. The molecule has 0 spiro atoms. The molecule has 0 saturated heterocycles. The Morgan fingerprint density at radius 2 is 1.67 bits per heavy atom. The van der Waals surface area contributed by atoms with Crippen LogP contribution in [-0.4, -0.2) is 30.1 Å². The maximum atomic E-state index is 12.6. The van der Waals surface area contributed by atoms with E-state index in [0.29, 0.717) is 35.7 Å². The summed E-state index contributed by atoms with van der Waals surface area (Å²) in [7, 11) is 0. The zero-order valence-corrected chi connectivity index (χ0v) is 18.3. The van der Waals surface area contributed by atoms with Gasteiger partial charge in [0.2, 0.25) is 0 Å². The molecule has 0 bridgehead atoms. The number of benzene rings is 2. The number of ether oxygens (including phenoxy) is 1. The normalized spacial score (nSPS) is 10.2. The number of hydrogen-bond donors (Lipinski definition) is 3. The topological polar surface area (TPSA) is 79.5 Å². The van der Waals surface area contributed by atoms with Gasteiger partial charge in [-0.25, -0.2) is 0 Å². The number of nitrogens with one attached hydrogen (secondary N) is 3. The van der Waals surface area contributed by atoms with Gasteiger partial charge in [0.05, 0.1) is 12.2 Å². The number of amides is 2. The lowest BCUT2D eigenvalue weighted by molar-refractivity contribution is 0.0950. The van der Waals surface area contributed by atoms with Crippen LogP contribution in [-0.2, 0) is 0 Å². The Bertz CT molecular complexity index is 853. The number of carbonyl (C=O) groups excluding carboxylic acids is 2. The van der Waals surface area contributed by atoms with E-state index in [-0.39, 0.29) is 16.9 Å². The molecule has 0 saturated carbocycles. The van der Waals surface area contributed by atoms with Gasteiger partial charge >= 0.3 is 0 Å². The van der Waals surface area contributed by atoms with Crippen molar-refractivity contribution in [3.05, 3.63) is 59.7 Å². The Kier molecular flexibility index (Phi) is 9.80. The average molecular weight is 428 g/mol. The van der Waals surface area contributed by atoms with Gasteiger partial charge in [-0.2, -0.15) is 0 Å². The van der Waals surface area contributed by atoms with E-state index in [1.54, 1.807) is 42.5 Å². The highest BCUT2D eigenvalue weighted by molar-refractivity contribution is 7.80. The number of anilines is 1. The Balaban J connectivity index is 1.92. The fraction of sp³-hybridized carbons (Fsp3) is 0.348. The lowest BCUT2D eigenvalue weighted by Gasteiger charge is -2.13. The van der Waals surface area contributed by atoms with Crippen molar-refractivity contribution in [2.75, 3.05) is 18.5 Å². The van der Waals surface area contributed by atoms with Gasteiger partial charge in [-0.3, -0.25) is 14.9 Å². The third-order valence-electron chi connectivity index (χ3n) is 4.30. The van der Waals surface area contributed by atoms with Gasteiger partial charge in [-0.15, -0.1) is 0 Å². The molecule has 2 aromatic carbocycles. The minimum atomic E-state index is -0.339. The van der Waals surface area contributed by atoms with Gasteiger partial charge in [0.25, 0.3) is 11.8 Å². The Hall–Kier alpha value is -2.93. The first-order valence-electron chi connectivity index (χ1n) is 10.3. The third kappa shape index (κ3) is 7.48. The van der Waals surface area contributed by atoms with Crippen molar-refractivity contribution in [2.24, 2.45) is 0 Å². The summed E-state index contributed by atoms with van der Waals surface area (Å²) in [6.07, 6.45) is 4.02. The van der Waals surface area contributed by atoms with Crippen molar-refractivity contribution in [1.29, 1.82) is 0 Å². The van der Waals surface area contributed by atoms with E-state index >= 15 is 0 Å². The number of para-hydroxylation sites is 1. The van der Waals surface area contributed by atoms with E-state index in [2.05, 4.69) is 22.9 Å². The minimum absolute atomic E-state index is 0.116. The van der Waals surface area contributed by atoms with Crippen LogP contribution in [0.1, 0.15) is 60.2 Å². The van der Waals surface area contributed by atoms with Crippen molar-refractivity contribution in [2.45, 2.75) is 39.5 Å². The molecule has 0 aliphatic carbocycles. The lowest BCUT2D eigenvalue weighted by Crippen LogP contribution is -2.34. The lowest BCUT2D eigenvalue weighted by atomic mass is 10.2. The maximum Gasteiger partial charge on any atom is 0.261 e. The van der Waals surface area contributed by atoms with Crippen molar-refractivity contribution < 1.29 is 14.3 Å². The number of hydrogen-bond acceptors (Lipinski definition) is 4. The molecule has 0 aromatic heterocycles. The quantitative estimate of drug-likeness (QED) is 0.384. The SMILES string of the molecule is CCCCCOc1ccccc1C(=O)NC(=S)Nc1ccc(C(=O)NCCC)cc1. The molecule has 0 fully saturated rings. The van der Waals surface area contributed by atoms with E-state index in [1.807, 2.05) is 13.0 Å². The van der Waals surface area contributed by atoms with Gasteiger partial charge < -0.3 is 15.4 Å². The predicted octanol–water partition coefficient (Wildman–Crippen LogP) is 4.52. The molecule has 0 heterocycles. The third-order valence-corrected chi connectivity index (χ3v) is 4.51. The molecule has 0 unspecified atom stereocenters. The smallest absolute Gasteiger partial charge is 0.261 e. The van der Waals surface area contributed by atoms with Gasteiger partial charge in [0.15, 0.2) is 5.11 Å². The van der Waals surface area contributed by atoms with Gasteiger partial charge in [-0.1, -0.05) is 38.8 Å². The molecular weight excluding hydrogens is 398 g/mol. The van der Waals surface area contributed by atoms with Crippen LogP contribution in [0.25, 0.3) is 0 Å². The first kappa shape index (κ1) is 23.3. The zero-order chi connectivity index (χ0) is 21.8. The second kappa shape index (κ2) is 12.6. The fourth-order valence-corrected chi connectivity index (χ4v) is 2.90. The van der Waals surface area contributed by atoms with Crippen LogP contribution in [0.3, 0.4) is 0 Å². The summed E-state index contributed by atoms with van der Waals surface area (Å²) in [5, 5.41) is 8.63. The molecule has 2 amide bonds. The van der Waals surface area contributed by atoms with Crippen LogP contribution in [0.4, 0.5) is 5.69 Å². The summed E-state index contributed by atoms with van der Waals surface area (Å²) in [4.78, 5) is 24.6. The molecule has 2 rings (SSSR count). The highest BCUT2D eigenvalue weighted by atomic mass is 32.1. The summed E-state index contributed by atoms with van der Waals surface area (Å²) < 4.78 is 5.76. The van der Waals surface area contributed by atoms with Crippen molar-refractivity contribution >= 4 is 34.8 Å². The molecular formula is C23H29N3O3S. The van der Waals surface area contributed by atoms with Crippen molar-refractivity contribution in [1.82, 2.24) is 10.6 Å². The largest absolute Gasteiger partial charge is 0.493 e. The first-order chi connectivity index (χ1) is 14.5.